The molecule has 5 heteroatoms. The summed E-state index contributed by atoms with van der Waals surface area (Å²) in [4.78, 5) is 4.01. The summed E-state index contributed by atoms with van der Waals surface area (Å²) < 4.78 is 11.2. The van der Waals surface area contributed by atoms with Crippen LogP contribution in [0, 0.1) is 11.3 Å². The van der Waals surface area contributed by atoms with Crippen molar-refractivity contribution < 1.29 is 9.47 Å². The van der Waals surface area contributed by atoms with Crippen LogP contribution in [0.25, 0.3) is 0 Å². The van der Waals surface area contributed by atoms with E-state index in [0.29, 0.717) is 10.8 Å². The first kappa shape index (κ1) is 13.3. The third-order valence-corrected chi connectivity index (χ3v) is 3.21. The summed E-state index contributed by atoms with van der Waals surface area (Å²) in [5, 5.41) is 9.38. The number of nitrogens with zero attached hydrogens (tertiary/aromatic N) is 2. The minimum Gasteiger partial charge on any atom is -0.381 e. The van der Waals surface area contributed by atoms with Gasteiger partial charge in [-0.05, 0) is 25.8 Å². The number of nitriles is 1. The highest BCUT2D eigenvalue weighted by Crippen LogP contribution is 2.25. The number of hydrogen-bond acceptors (Lipinski definition) is 4. The molecular formula is C13H15ClN2O2. The van der Waals surface area contributed by atoms with E-state index in [0.717, 1.165) is 31.6 Å². The topological polar surface area (TPSA) is 55.1 Å². The van der Waals surface area contributed by atoms with E-state index in [9.17, 15) is 0 Å². The number of hydrogen-bond donors (Lipinski definition) is 0. The van der Waals surface area contributed by atoms with Crippen LogP contribution in [0.15, 0.2) is 12.1 Å². The molecule has 1 aromatic heterocycles. The predicted molar refractivity (Wildman–Crippen MR) is 67.3 cm³/mol. The highest BCUT2D eigenvalue weighted by Gasteiger charge is 2.20. The second-order valence-electron chi connectivity index (χ2n) is 4.27. The van der Waals surface area contributed by atoms with Crippen molar-refractivity contribution in [3.63, 3.8) is 0 Å². The molecule has 2 rings (SSSR count). The highest BCUT2D eigenvalue weighted by molar-refractivity contribution is 6.29. The highest BCUT2D eigenvalue weighted by atomic mass is 35.5. The Morgan fingerprint density at radius 2 is 2.22 bits per heavy atom. The standard InChI is InChI=1S/C13H15ClN2O2/c1-9(18-10-4-6-17-7-5-10)11-2-3-13(14)16-12(11)8-15/h2-3,9-10H,4-7H2,1H3. The van der Waals surface area contributed by atoms with Gasteiger partial charge in [0.25, 0.3) is 0 Å². The van der Waals surface area contributed by atoms with E-state index in [4.69, 9.17) is 26.3 Å². The SMILES string of the molecule is CC(OC1CCOCC1)c1ccc(Cl)nc1C#N. The molecule has 1 saturated heterocycles. The molecule has 18 heavy (non-hydrogen) atoms. The van der Waals surface area contributed by atoms with E-state index in [-0.39, 0.29) is 12.2 Å². The van der Waals surface area contributed by atoms with Crippen LogP contribution < -0.4 is 0 Å². The third-order valence-electron chi connectivity index (χ3n) is 3.00. The molecule has 1 unspecified atom stereocenters. The quantitative estimate of drug-likeness (QED) is 0.790. The first-order valence-corrected chi connectivity index (χ1v) is 6.38. The van der Waals surface area contributed by atoms with E-state index in [2.05, 4.69) is 11.1 Å². The van der Waals surface area contributed by atoms with Crippen molar-refractivity contribution in [1.82, 2.24) is 4.98 Å². The van der Waals surface area contributed by atoms with Gasteiger partial charge in [0.1, 0.15) is 16.9 Å². The molecular weight excluding hydrogens is 252 g/mol. The van der Waals surface area contributed by atoms with Crippen LogP contribution in [0.2, 0.25) is 5.15 Å². The average molecular weight is 267 g/mol. The minimum atomic E-state index is -0.160. The molecule has 0 aliphatic carbocycles. The molecule has 0 N–H and O–H groups in total. The van der Waals surface area contributed by atoms with Crippen molar-refractivity contribution >= 4 is 11.6 Å². The number of pyridine rings is 1. The minimum absolute atomic E-state index is 0.160. The lowest BCUT2D eigenvalue weighted by molar-refractivity contribution is -0.0637. The Kier molecular flexibility index (Phi) is 4.54. The average Bonchev–Trinajstić information content (AvgIpc) is 2.39. The van der Waals surface area contributed by atoms with Gasteiger partial charge in [-0.25, -0.2) is 4.98 Å². The molecule has 2 heterocycles. The van der Waals surface area contributed by atoms with Gasteiger partial charge >= 0.3 is 0 Å². The van der Waals surface area contributed by atoms with Gasteiger partial charge in [-0.2, -0.15) is 5.26 Å². The predicted octanol–water partition coefficient (Wildman–Crippen LogP) is 2.86. The summed E-state index contributed by atoms with van der Waals surface area (Å²) >= 11 is 5.77. The van der Waals surface area contributed by atoms with Gasteiger partial charge in [0.2, 0.25) is 0 Å². The maximum absolute atomic E-state index is 9.05. The lowest BCUT2D eigenvalue weighted by Gasteiger charge is -2.26. The summed E-state index contributed by atoms with van der Waals surface area (Å²) in [5.74, 6) is 0. The van der Waals surface area contributed by atoms with Gasteiger partial charge in [0, 0.05) is 18.8 Å². The Labute approximate surface area is 111 Å². The maximum atomic E-state index is 9.05. The van der Waals surface area contributed by atoms with Crippen LogP contribution in [0.5, 0.6) is 0 Å². The van der Waals surface area contributed by atoms with Crippen molar-refractivity contribution in [3.05, 3.63) is 28.5 Å². The zero-order chi connectivity index (χ0) is 13.0. The van der Waals surface area contributed by atoms with Crippen LogP contribution in [0.1, 0.15) is 37.1 Å². The number of halogens is 1. The Morgan fingerprint density at radius 3 is 2.89 bits per heavy atom. The fourth-order valence-electron chi connectivity index (χ4n) is 2.04. The van der Waals surface area contributed by atoms with E-state index in [1.54, 1.807) is 12.1 Å². The van der Waals surface area contributed by atoms with Crippen LogP contribution in [-0.2, 0) is 9.47 Å². The number of rotatable bonds is 3. The molecule has 0 bridgehead atoms. The van der Waals surface area contributed by atoms with Gasteiger partial charge in [-0.3, -0.25) is 0 Å². The molecule has 0 saturated carbocycles. The van der Waals surface area contributed by atoms with Crippen LogP contribution in [-0.4, -0.2) is 24.3 Å². The number of ether oxygens (including phenoxy) is 2. The Morgan fingerprint density at radius 1 is 1.50 bits per heavy atom. The van der Waals surface area contributed by atoms with Crippen LogP contribution >= 0.6 is 11.6 Å². The monoisotopic (exact) mass is 266 g/mol. The first-order chi connectivity index (χ1) is 8.70. The van der Waals surface area contributed by atoms with E-state index in [1.807, 2.05) is 6.92 Å². The van der Waals surface area contributed by atoms with Gasteiger partial charge in [0.15, 0.2) is 0 Å². The van der Waals surface area contributed by atoms with Crippen molar-refractivity contribution in [2.24, 2.45) is 0 Å². The lowest BCUT2D eigenvalue weighted by atomic mass is 10.1. The largest absolute Gasteiger partial charge is 0.381 e. The molecule has 1 aliphatic rings. The zero-order valence-corrected chi connectivity index (χ0v) is 11.0. The van der Waals surface area contributed by atoms with E-state index in [1.165, 1.54) is 0 Å². The smallest absolute Gasteiger partial charge is 0.148 e. The summed E-state index contributed by atoms with van der Waals surface area (Å²) in [7, 11) is 0. The molecule has 96 valence electrons. The molecule has 1 fully saturated rings. The molecule has 1 atom stereocenters. The Bertz CT molecular complexity index is 453. The normalized spacial score (nSPS) is 18.3. The summed E-state index contributed by atoms with van der Waals surface area (Å²) in [6.45, 7) is 3.41. The summed E-state index contributed by atoms with van der Waals surface area (Å²) in [6.07, 6.45) is 1.82. The maximum Gasteiger partial charge on any atom is 0.148 e. The molecule has 0 radical (unpaired) electrons. The van der Waals surface area contributed by atoms with E-state index >= 15 is 0 Å². The second kappa shape index (κ2) is 6.14. The first-order valence-electron chi connectivity index (χ1n) is 6.00. The molecule has 1 aliphatic heterocycles. The second-order valence-corrected chi connectivity index (χ2v) is 4.66. The van der Waals surface area contributed by atoms with Gasteiger partial charge in [-0.15, -0.1) is 0 Å². The van der Waals surface area contributed by atoms with Crippen LogP contribution in [0.4, 0.5) is 0 Å². The van der Waals surface area contributed by atoms with Crippen molar-refractivity contribution in [1.29, 1.82) is 5.26 Å². The van der Waals surface area contributed by atoms with Crippen molar-refractivity contribution in [2.75, 3.05) is 13.2 Å². The number of aromatic nitrogens is 1. The van der Waals surface area contributed by atoms with Crippen LogP contribution in [0.3, 0.4) is 0 Å². The Hall–Kier alpha value is -1.15. The van der Waals surface area contributed by atoms with Crippen molar-refractivity contribution in [2.45, 2.75) is 32.0 Å². The summed E-state index contributed by atoms with van der Waals surface area (Å²) in [5.41, 5.74) is 1.12. The molecule has 0 aromatic carbocycles. The molecule has 4 nitrogen and oxygen atoms in total. The lowest BCUT2D eigenvalue weighted by Crippen LogP contribution is -2.24. The van der Waals surface area contributed by atoms with Gasteiger partial charge in [-0.1, -0.05) is 17.7 Å². The van der Waals surface area contributed by atoms with E-state index < -0.39 is 0 Å². The fraction of sp³-hybridized carbons (Fsp3) is 0.538. The van der Waals surface area contributed by atoms with Gasteiger partial charge < -0.3 is 9.47 Å². The molecule has 1 aromatic rings. The fourth-order valence-corrected chi connectivity index (χ4v) is 2.19. The molecule has 0 spiro atoms. The Balaban J connectivity index is 2.08. The molecule has 0 amide bonds. The summed E-state index contributed by atoms with van der Waals surface area (Å²) in [6, 6.07) is 5.54. The third kappa shape index (κ3) is 3.20. The zero-order valence-electron chi connectivity index (χ0n) is 10.2. The van der Waals surface area contributed by atoms with Crippen molar-refractivity contribution in [3.8, 4) is 6.07 Å². The van der Waals surface area contributed by atoms with Gasteiger partial charge in [0.05, 0.1) is 12.2 Å².